The topological polar surface area (TPSA) is 49.8 Å². The van der Waals surface area contributed by atoms with Crippen LogP contribution in [-0.2, 0) is 6.42 Å². The number of hydrogen-bond donors (Lipinski definition) is 2. The molecule has 4 nitrogen and oxygen atoms in total. The minimum absolute atomic E-state index is 0.447. The Labute approximate surface area is 117 Å². The Morgan fingerprint density at radius 3 is 2.32 bits per heavy atom. The van der Waals surface area contributed by atoms with E-state index in [9.17, 15) is 0 Å². The SMILES string of the molecule is CCCc1nc(NCC)c(C)c(NC(C)CCC)n1. The van der Waals surface area contributed by atoms with Gasteiger partial charge in [0.25, 0.3) is 0 Å². The molecule has 0 spiro atoms. The van der Waals surface area contributed by atoms with Crippen molar-refractivity contribution in [3.05, 3.63) is 11.4 Å². The van der Waals surface area contributed by atoms with Gasteiger partial charge in [-0.25, -0.2) is 9.97 Å². The van der Waals surface area contributed by atoms with Gasteiger partial charge in [-0.15, -0.1) is 0 Å². The Morgan fingerprint density at radius 2 is 1.74 bits per heavy atom. The molecule has 4 heteroatoms. The number of rotatable bonds is 8. The van der Waals surface area contributed by atoms with Gasteiger partial charge in [-0.2, -0.15) is 0 Å². The third-order valence-electron chi connectivity index (χ3n) is 3.11. The molecule has 1 aromatic heterocycles. The van der Waals surface area contributed by atoms with E-state index >= 15 is 0 Å². The highest BCUT2D eigenvalue weighted by Gasteiger charge is 2.12. The Kier molecular flexibility index (Phi) is 6.60. The van der Waals surface area contributed by atoms with Crippen molar-refractivity contribution >= 4 is 11.6 Å². The molecule has 1 unspecified atom stereocenters. The molecular weight excluding hydrogens is 236 g/mol. The maximum Gasteiger partial charge on any atom is 0.134 e. The summed E-state index contributed by atoms with van der Waals surface area (Å²) in [6.45, 7) is 11.6. The lowest BCUT2D eigenvalue weighted by Gasteiger charge is -2.18. The molecule has 0 aliphatic carbocycles. The van der Waals surface area contributed by atoms with Gasteiger partial charge in [0.05, 0.1) is 0 Å². The first-order valence-electron chi connectivity index (χ1n) is 7.50. The monoisotopic (exact) mass is 264 g/mol. The molecule has 1 heterocycles. The second kappa shape index (κ2) is 7.97. The summed E-state index contributed by atoms with van der Waals surface area (Å²) in [4.78, 5) is 9.27. The number of hydrogen-bond acceptors (Lipinski definition) is 4. The van der Waals surface area contributed by atoms with Crippen LogP contribution in [0.1, 0.15) is 58.3 Å². The van der Waals surface area contributed by atoms with Gasteiger partial charge < -0.3 is 10.6 Å². The van der Waals surface area contributed by atoms with Crippen LogP contribution in [0.4, 0.5) is 11.6 Å². The quantitative estimate of drug-likeness (QED) is 0.750. The molecule has 0 bridgehead atoms. The highest BCUT2D eigenvalue weighted by molar-refractivity contribution is 5.57. The first kappa shape index (κ1) is 15.7. The van der Waals surface area contributed by atoms with Crippen LogP contribution in [0.3, 0.4) is 0 Å². The van der Waals surface area contributed by atoms with Crippen molar-refractivity contribution in [1.29, 1.82) is 0 Å². The van der Waals surface area contributed by atoms with Crippen LogP contribution in [0.25, 0.3) is 0 Å². The molecule has 1 aromatic rings. The van der Waals surface area contributed by atoms with E-state index in [0.717, 1.165) is 48.8 Å². The molecule has 108 valence electrons. The molecule has 2 N–H and O–H groups in total. The van der Waals surface area contributed by atoms with Gasteiger partial charge in [-0.3, -0.25) is 0 Å². The van der Waals surface area contributed by atoms with Gasteiger partial charge in [0, 0.05) is 24.6 Å². The Morgan fingerprint density at radius 1 is 1.05 bits per heavy atom. The lowest BCUT2D eigenvalue weighted by atomic mass is 10.2. The van der Waals surface area contributed by atoms with Gasteiger partial charge in [0.15, 0.2) is 0 Å². The summed E-state index contributed by atoms with van der Waals surface area (Å²) in [5.41, 5.74) is 1.12. The van der Waals surface area contributed by atoms with E-state index in [0.29, 0.717) is 6.04 Å². The fraction of sp³-hybridized carbons (Fsp3) is 0.733. The third kappa shape index (κ3) is 4.69. The standard InChI is InChI=1S/C15H28N4/c1-6-9-11(4)17-15-12(5)14(16-8-3)18-13(19-15)10-7-2/h11H,6-10H2,1-5H3,(H2,16,17,18,19). The van der Waals surface area contributed by atoms with Crippen molar-refractivity contribution in [2.75, 3.05) is 17.2 Å². The minimum Gasteiger partial charge on any atom is -0.370 e. The van der Waals surface area contributed by atoms with E-state index in [2.05, 4.69) is 55.2 Å². The number of anilines is 2. The second-order valence-corrected chi connectivity index (χ2v) is 5.08. The van der Waals surface area contributed by atoms with Crippen LogP contribution in [0.5, 0.6) is 0 Å². The average molecular weight is 264 g/mol. The molecular formula is C15H28N4. The largest absolute Gasteiger partial charge is 0.370 e. The number of aromatic nitrogens is 2. The van der Waals surface area contributed by atoms with Gasteiger partial charge in [0.2, 0.25) is 0 Å². The zero-order valence-corrected chi connectivity index (χ0v) is 13.0. The van der Waals surface area contributed by atoms with Crippen LogP contribution >= 0.6 is 0 Å². The van der Waals surface area contributed by atoms with Gasteiger partial charge in [-0.05, 0) is 33.6 Å². The van der Waals surface area contributed by atoms with E-state index < -0.39 is 0 Å². The molecule has 0 radical (unpaired) electrons. The summed E-state index contributed by atoms with van der Waals surface area (Å²) in [6.07, 6.45) is 4.33. The Bertz CT molecular complexity index is 390. The maximum absolute atomic E-state index is 4.66. The number of aryl methyl sites for hydroxylation is 1. The molecule has 1 rings (SSSR count). The summed E-state index contributed by atoms with van der Waals surface area (Å²) in [5, 5.41) is 6.85. The van der Waals surface area contributed by atoms with Crippen LogP contribution in [0.2, 0.25) is 0 Å². The van der Waals surface area contributed by atoms with Crippen molar-refractivity contribution < 1.29 is 0 Å². The van der Waals surface area contributed by atoms with Crippen molar-refractivity contribution in [2.24, 2.45) is 0 Å². The van der Waals surface area contributed by atoms with Crippen LogP contribution < -0.4 is 10.6 Å². The molecule has 0 aliphatic heterocycles. The first-order chi connectivity index (χ1) is 9.12. The summed E-state index contributed by atoms with van der Waals surface area (Å²) in [7, 11) is 0. The van der Waals surface area contributed by atoms with Crippen molar-refractivity contribution in [3.8, 4) is 0 Å². The third-order valence-corrected chi connectivity index (χ3v) is 3.11. The molecule has 0 saturated heterocycles. The normalized spacial score (nSPS) is 12.3. The van der Waals surface area contributed by atoms with Crippen molar-refractivity contribution in [2.45, 2.75) is 66.3 Å². The molecule has 0 amide bonds. The zero-order chi connectivity index (χ0) is 14.3. The van der Waals surface area contributed by atoms with E-state index in [1.54, 1.807) is 0 Å². The molecule has 0 saturated carbocycles. The van der Waals surface area contributed by atoms with Gasteiger partial charge >= 0.3 is 0 Å². The van der Waals surface area contributed by atoms with Crippen molar-refractivity contribution in [3.63, 3.8) is 0 Å². The highest BCUT2D eigenvalue weighted by atomic mass is 15.1. The summed E-state index contributed by atoms with van der Waals surface area (Å²) in [6, 6.07) is 0.447. The van der Waals surface area contributed by atoms with Crippen LogP contribution in [0.15, 0.2) is 0 Å². The Hall–Kier alpha value is -1.32. The molecule has 19 heavy (non-hydrogen) atoms. The fourth-order valence-electron chi connectivity index (χ4n) is 2.12. The number of nitrogens with one attached hydrogen (secondary N) is 2. The first-order valence-corrected chi connectivity index (χ1v) is 7.50. The van der Waals surface area contributed by atoms with Crippen LogP contribution in [-0.4, -0.2) is 22.6 Å². The predicted octanol–water partition coefficient (Wildman–Crippen LogP) is 3.77. The number of nitrogens with zero attached hydrogens (tertiary/aromatic N) is 2. The molecule has 1 atom stereocenters. The lowest BCUT2D eigenvalue weighted by Crippen LogP contribution is -2.18. The molecule has 0 fully saturated rings. The van der Waals surface area contributed by atoms with Gasteiger partial charge in [0.1, 0.15) is 17.5 Å². The highest BCUT2D eigenvalue weighted by Crippen LogP contribution is 2.21. The zero-order valence-electron chi connectivity index (χ0n) is 13.0. The molecule has 0 aliphatic rings. The second-order valence-electron chi connectivity index (χ2n) is 5.08. The van der Waals surface area contributed by atoms with E-state index in [-0.39, 0.29) is 0 Å². The lowest BCUT2D eigenvalue weighted by molar-refractivity contribution is 0.684. The summed E-state index contributed by atoms with van der Waals surface area (Å²) < 4.78 is 0. The van der Waals surface area contributed by atoms with Crippen molar-refractivity contribution in [1.82, 2.24) is 9.97 Å². The van der Waals surface area contributed by atoms with E-state index in [1.165, 1.54) is 6.42 Å². The van der Waals surface area contributed by atoms with Crippen LogP contribution in [0, 0.1) is 6.92 Å². The Balaban J connectivity index is 2.99. The summed E-state index contributed by atoms with van der Waals surface area (Å²) >= 11 is 0. The smallest absolute Gasteiger partial charge is 0.134 e. The maximum atomic E-state index is 4.66. The minimum atomic E-state index is 0.447. The average Bonchev–Trinajstić information content (AvgIpc) is 2.36. The fourth-order valence-corrected chi connectivity index (χ4v) is 2.12. The van der Waals surface area contributed by atoms with Gasteiger partial charge in [-0.1, -0.05) is 20.3 Å². The summed E-state index contributed by atoms with van der Waals surface area (Å²) in [5.74, 6) is 2.87. The molecule has 0 aromatic carbocycles. The predicted molar refractivity (Wildman–Crippen MR) is 82.9 cm³/mol. The van der Waals surface area contributed by atoms with E-state index in [1.807, 2.05) is 0 Å². The van der Waals surface area contributed by atoms with E-state index in [4.69, 9.17) is 0 Å².